The molecule has 0 spiro atoms. The van der Waals surface area contributed by atoms with E-state index >= 15 is 0 Å². The third-order valence-electron chi connectivity index (χ3n) is 4.44. The zero-order valence-electron chi connectivity index (χ0n) is 13.2. The van der Waals surface area contributed by atoms with Crippen LogP contribution in [0.4, 0.5) is 0 Å². The molecule has 21 heavy (non-hydrogen) atoms. The second-order valence-electron chi connectivity index (χ2n) is 5.86. The van der Waals surface area contributed by atoms with E-state index < -0.39 is 0 Å². The van der Waals surface area contributed by atoms with Crippen molar-refractivity contribution >= 4 is 21.7 Å². The minimum absolute atomic E-state index is 0.180. The van der Waals surface area contributed by atoms with Crippen molar-refractivity contribution in [2.24, 2.45) is 5.92 Å². The van der Waals surface area contributed by atoms with Gasteiger partial charge in [0.1, 0.15) is 6.10 Å². The molecule has 0 amide bonds. The van der Waals surface area contributed by atoms with Crippen molar-refractivity contribution in [3.05, 3.63) is 15.9 Å². The fourth-order valence-corrected chi connectivity index (χ4v) is 3.75. The number of rotatable bonds is 6. The molecule has 2 rings (SSSR count). The van der Waals surface area contributed by atoms with Gasteiger partial charge in [-0.05, 0) is 48.5 Å². The van der Waals surface area contributed by atoms with Gasteiger partial charge in [-0.25, -0.2) is 0 Å². The van der Waals surface area contributed by atoms with Gasteiger partial charge >= 0.3 is 0 Å². The van der Waals surface area contributed by atoms with Crippen molar-refractivity contribution in [1.82, 2.24) is 9.78 Å². The molecule has 0 N–H and O–H groups in total. The standard InChI is InChI=1S/C16H25BrN2O2/c1-4-19-13(15(17)11(2)18-19)10-14(20)16(21-3)12-8-6-5-7-9-12/h12,16H,4-10H2,1-3H3. The highest BCUT2D eigenvalue weighted by Crippen LogP contribution is 2.29. The highest BCUT2D eigenvalue weighted by Gasteiger charge is 2.30. The summed E-state index contributed by atoms with van der Waals surface area (Å²) in [7, 11) is 1.66. The molecule has 0 saturated heterocycles. The Morgan fingerprint density at radius 2 is 2.10 bits per heavy atom. The van der Waals surface area contributed by atoms with Crippen LogP contribution in [0.3, 0.4) is 0 Å². The molecule has 118 valence electrons. The minimum atomic E-state index is -0.266. The number of hydrogen-bond donors (Lipinski definition) is 0. The van der Waals surface area contributed by atoms with Crippen molar-refractivity contribution in [2.45, 2.75) is 65.0 Å². The number of carbonyl (C=O) groups excluding carboxylic acids is 1. The predicted octanol–water partition coefficient (Wildman–Crippen LogP) is 3.68. The van der Waals surface area contributed by atoms with Gasteiger partial charge in [0.05, 0.1) is 22.3 Å². The summed E-state index contributed by atoms with van der Waals surface area (Å²) >= 11 is 3.56. The second-order valence-corrected chi connectivity index (χ2v) is 6.65. The van der Waals surface area contributed by atoms with Crippen molar-refractivity contribution < 1.29 is 9.53 Å². The zero-order chi connectivity index (χ0) is 15.4. The molecule has 0 aromatic carbocycles. The first kappa shape index (κ1) is 16.7. The smallest absolute Gasteiger partial charge is 0.167 e. The molecule has 1 aliphatic carbocycles. The van der Waals surface area contributed by atoms with Crippen molar-refractivity contribution in [1.29, 1.82) is 0 Å². The zero-order valence-corrected chi connectivity index (χ0v) is 14.8. The highest BCUT2D eigenvalue weighted by atomic mass is 79.9. The van der Waals surface area contributed by atoms with E-state index in [0.29, 0.717) is 12.3 Å². The van der Waals surface area contributed by atoms with Gasteiger partial charge in [0.25, 0.3) is 0 Å². The number of methoxy groups -OCH3 is 1. The van der Waals surface area contributed by atoms with Crippen LogP contribution in [0.25, 0.3) is 0 Å². The number of ketones is 1. The first-order valence-corrected chi connectivity index (χ1v) is 8.65. The average Bonchev–Trinajstić information content (AvgIpc) is 2.77. The summed E-state index contributed by atoms with van der Waals surface area (Å²) in [5, 5.41) is 4.46. The Kier molecular flexibility index (Phi) is 5.99. The quantitative estimate of drug-likeness (QED) is 0.780. The molecule has 4 nitrogen and oxygen atoms in total. The fourth-order valence-electron chi connectivity index (χ4n) is 3.33. The van der Waals surface area contributed by atoms with Crippen LogP contribution < -0.4 is 0 Å². The molecule has 1 unspecified atom stereocenters. The lowest BCUT2D eigenvalue weighted by Crippen LogP contribution is -2.34. The number of nitrogens with zero attached hydrogens (tertiary/aromatic N) is 2. The summed E-state index contributed by atoms with van der Waals surface area (Å²) in [5.41, 5.74) is 1.91. The van der Waals surface area contributed by atoms with E-state index in [9.17, 15) is 4.79 Å². The van der Waals surface area contributed by atoms with E-state index in [2.05, 4.69) is 21.0 Å². The SMILES string of the molecule is CCn1nc(C)c(Br)c1CC(=O)C(OC)C1CCCCC1. The molecule has 1 heterocycles. The fraction of sp³-hybridized carbons (Fsp3) is 0.750. The molecule has 0 aliphatic heterocycles. The van der Waals surface area contributed by atoms with Crippen molar-refractivity contribution in [3.63, 3.8) is 0 Å². The summed E-state index contributed by atoms with van der Waals surface area (Å²) in [5.74, 6) is 0.564. The monoisotopic (exact) mass is 356 g/mol. The number of Topliss-reactive ketones (excluding diaryl/α,β-unsaturated/α-hetero) is 1. The Morgan fingerprint density at radius 1 is 1.43 bits per heavy atom. The molecule has 1 atom stereocenters. The molecule has 1 aromatic rings. The molecular weight excluding hydrogens is 332 g/mol. The summed E-state index contributed by atoms with van der Waals surface area (Å²) in [4.78, 5) is 12.7. The van der Waals surface area contributed by atoms with Crippen LogP contribution in [0.2, 0.25) is 0 Å². The van der Waals surface area contributed by atoms with E-state index in [1.807, 2.05) is 18.5 Å². The van der Waals surface area contributed by atoms with Crippen molar-refractivity contribution in [3.8, 4) is 0 Å². The van der Waals surface area contributed by atoms with Gasteiger partial charge < -0.3 is 4.74 Å². The Balaban J connectivity index is 2.12. The molecule has 5 heteroatoms. The summed E-state index contributed by atoms with van der Waals surface area (Å²) in [6, 6.07) is 0. The van der Waals surface area contributed by atoms with Gasteiger partial charge in [-0.2, -0.15) is 5.10 Å². The molecule has 1 fully saturated rings. The second kappa shape index (κ2) is 7.54. The molecular formula is C16H25BrN2O2. The maximum Gasteiger partial charge on any atom is 0.167 e. The van der Waals surface area contributed by atoms with Crippen LogP contribution in [0.5, 0.6) is 0 Å². The summed E-state index contributed by atoms with van der Waals surface area (Å²) in [6.07, 6.45) is 6.06. The van der Waals surface area contributed by atoms with E-state index in [0.717, 1.165) is 35.2 Å². The Hall–Kier alpha value is -0.680. The largest absolute Gasteiger partial charge is 0.373 e. The maximum absolute atomic E-state index is 12.7. The van der Waals surface area contributed by atoms with Crippen molar-refractivity contribution in [2.75, 3.05) is 7.11 Å². The minimum Gasteiger partial charge on any atom is -0.373 e. The Bertz CT molecular complexity index is 493. The number of aromatic nitrogens is 2. The predicted molar refractivity (Wildman–Crippen MR) is 86.4 cm³/mol. The summed E-state index contributed by atoms with van der Waals surface area (Å²) in [6.45, 7) is 4.77. The average molecular weight is 357 g/mol. The van der Waals surface area contributed by atoms with Gasteiger partial charge in [-0.3, -0.25) is 9.48 Å². The van der Waals surface area contributed by atoms with Crippen LogP contribution in [0.1, 0.15) is 50.4 Å². The van der Waals surface area contributed by atoms with Crippen LogP contribution in [-0.2, 0) is 22.5 Å². The van der Waals surface area contributed by atoms with Crippen LogP contribution in [0.15, 0.2) is 4.47 Å². The van der Waals surface area contributed by atoms with Gasteiger partial charge in [0.15, 0.2) is 5.78 Å². The van der Waals surface area contributed by atoms with E-state index in [4.69, 9.17) is 4.74 Å². The Morgan fingerprint density at radius 3 is 2.67 bits per heavy atom. The maximum atomic E-state index is 12.7. The van der Waals surface area contributed by atoms with E-state index in [1.54, 1.807) is 7.11 Å². The van der Waals surface area contributed by atoms with Crippen LogP contribution >= 0.6 is 15.9 Å². The normalized spacial score (nSPS) is 17.9. The first-order chi connectivity index (χ1) is 10.1. The van der Waals surface area contributed by atoms with Crippen LogP contribution in [-0.4, -0.2) is 28.8 Å². The third kappa shape index (κ3) is 3.75. The first-order valence-electron chi connectivity index (χ1n) is 7.85. The lowest BCUT2D eigenvalue weighted by Gasteiger charge is -2.28. The van der Waals surface area contributed by atoms with E-state index in [1.165, 1.54) is 19.3 Å². The van der Waals surface area contributed by atoms with Gasteiger partial charge in [-0.1, -0.05) is 19.3 Å². The summed E-state index contributed by atoms with van der Waals surface area (Å²) < 4.78 is 8.41. The topological polar surface area (TPSA) is 44.1 Å². The molecule has 1 saturated carbocycles. The number of carbonyl (C=O) groups is 1. The van der Waals surface area contributed by atoms with Gasteiger partial charge in [-0.15, -0.1) is 0 Å². The third-order valence-corrected chi connectivity index (χ3v) is 5.48. The number of aryl methyl sites for hydroxylation is 2. The van der Waals surface area contributed by atoms with Gasteiger partial charge in [0, 0.05) is 13.7 Å². The van der Waals surface area contributed by atoms with Gasteiger partial charge in [0.2, 0.25) is 0 Å². The molecule has 1 aromatic heterocycles. The molecule has 0 bridgehead atoms. The van der Waals surface area contributed by atoms with E-state index in [-0.39, 0.29) is 11.9 Å². The number of hydrogen-bond acceptors (Lipinski definition) is 3. The van der Waals surface area contributed by atoms with Crippen LogP contribution in [0, 0.1) is 12.8 Å². The highest BCUT2D eigenvalue weighted by molar-refractivity contribution is 9.10. The molecule has 0 radical (unpaired) electrons. The number of ether oxygens (including phenoxy) is 1. The Labute approximate surface area is 135 Å². The number of halogens is 1. The molecule has 1 aliphatic rings. The lowest BCUT2D eigenvalue weighted by atomic mass is 9.83. The lowest BCUT2D eigenvalue weighted by molar-refractivity contribution is -0.132.